The van der Waals surface area contributed by atoms with Crippen molar-refractivity contribution in [1.29, 1.82) is 0 Å². The topological polar surface area (TPSA) is 59.0 Å². The summed E-state index contributed by atoms with van der Waals surface area (Å²) in [5, 5.41) is 10.6. The first kappa shape index (κ1) is 21.6. The molecule has 1 aromatic rings. The molecule has 0 amide bonds. The molecule has 3 atom stereocenters. The van der Waals surface area contributed by atoms with Crippen molar-refractivity contribution in [3.05, 3.63) is 28.2 Å². The van der Waals surface area contributed by atoms with Gasteiger partial charge in [-0.3, -0.25) is 4.90 Å². The molecule has 1 N–H and O–H groups in total. The minimum Gasteiger partial charge on any atom is -0.478 e. The molecule has 2 fully saturated rings. The highest BCUT2D eigenvalue weighted by molar-refractivity contribution is 6.42. The fourth-order valence-electron chi connectivity index (χ4n) is 3.87. The molecule has 0 bridgehead atoms. The van der Waals surface area contributed by atoms with Crippen LogP contribution in [-0.4, -0.2) is 54.4 Å². The predicted octanol–water partition coefficient (Wildman–Crippen LogP) is 4.14. The van der Waals surface area contributed by atoms with E-state index in [1.54, 1.807) is 18.2 Å². The van der Waals surface area contributed by atoms with Crippen LogP contribution in [0.15, 0.2) is 18.2 Å². The Morgan fingerprint density at radius 3 is 2.54 bits per heavy atom. The van der Waals surface area contributed by atoms with Gasteiger partial charge in [0.05, 0.1) is 23.3 Å². The van der Waals surface area contributed by atoms with E-state index in [4.69, 9.17) is 32.7 Å². The summed E-state index contributed by atoms with van der Waals surface area (Å²) in [6.45, 7) is 3.10. The van der Waals surface area contributed by atoms with Crippen molar-refractivity contribution in [3.8, 4) is 5.75 Å². The lowest BCUT2D eigenvalue weighted by atomic mass is 9.79. The molecule has 2 aliphatic rings. The number of hydrogen-bond acceptors (Lipinski definition) is 4. The van der Waals surface area contributed by atoms with Gasteiger partial charge in [0, 0.05) is 31.1 Å². The third-order valence-corrected chi connectivity index (χ3v) is 5.82. The van der Waals surface area contributed by atoms with Crippen LogP contribution in [-0.2, 0) is 9.53 Å². The summed E-state index contributed by atoms with van der Waals surface area (Å²) < 4.78 is 11.3. The summed E-state index contributed by atoms with van der Waals surface area (Å²) in [6, 6.07) is 5.07. The maximum atomic E-state index is 12.0. The molecule has 0 spiro atoms. The van der Waals surface area contributed by atoms with Crippen molar-refractivity contribution in [2.75, 3.05) is 26.3 Å². The highest BCUT2D eigenvalue weighted by atomic mass is 35.5. The smallest absolute Gasteiger partial charge is 0.345 e. The van der Waals surface area contributed by atoms with Crippen LogP contribution >= 0.6 is 35.6 Å². The molecule has 3 unspecified atom stereocenters. The molecule has 5 nitrogen and oxygen atoms in total. The molecule has 1 aromatic carbocycles. The average Bonchev–Trinajstić information content (AvgIpc) is 2.63. The molecule has 26 heavy (non-hydrogen) atoms. The van der Waals surface area contributed by atoms with Gasteiger partial charge in [0.25, 0.3) is 0 Å². The van der Waals surface area contributed by atoms with Crippen LogP contribution in [0.4, 0.5) is 0 Å². The average molecular weight is 425 g/mol. The molecule has 1 heterocycles. The number of nitrogens with zero attached hydrogens (tertiary/aromatic N) is 1. The molecule has 1 aliphatic heterocycles. The monoisotopic (exact) mass is 423 g/mol. The molecular weight excluding hydrogens is 401 g/mol. The molecule has 1 saturated heterocycles. The summed E-state index contributed by atoms with van der Waals surface area (Å²) in [7, 11) is 0. The van der Waals surface area contributed by atoms with Gasteiger partial charge in [-0.15, -0.1) is 12.4 Å². The first-order valence-electron chi connectivity index (χ1n) is 8.72. The van der Waals surface area contributed by atoms with Crippen LogP contribution in [0.5, 0.6) is 5.75 Å². The Balaban J connectivity index is 0.00000243. The number of halogens is 3. The van der Waals surface area contributed by atoms with Gasteiger partial charge < -0.3 is 14.6 Å². The highest BCUT2D eigenvalue weighted by Crippen LogP contribution is 2.34. The van der Waals surface area contributed by atoms with Crippen molar-refractivity contribution in [3.63, 3.8) is 0 Å². The third-order valence-electron chi connectivity index (χ3n) is 5.08. The van der Waals surface area contributed by atoms with Crippen LogP contribution in [0.2, 0.25) is 10.0 Å². The molecule has 8 heteroatoms. The third kappa shape index (κ3) is 5.17. The zero-order valence-corrected chi connectivity index (χ0v) is 16.7. The van der Waals surface area contributed by atoms with E-state index in [1.807, 2.05) is 0 Å². The lowest BCUT2D eigenvalue weighted by Crippen LogP contribution is -2.53. The maximum Gasteiger partial charge on any atom is 0.345 e. The number of benzene rings is 1. The van der Waals surface area contributed by atoms with E-state index in [-0.39, 0.29) is 24.4 Å². The van der Waals surface area contributed by atoms with Crippen molar-refractivity contribution in [2.45, 2.75) is 37.8 Å². The number of hydrogen-bond donors (Lipinski definition) is 1. The number of aliphatic carboxylic acids is 1. The summed E-state index contributed by atoms with van der Waals surface area (Å²) in [5.74, 6) is -0.553. The van der Waals surface area contributed by atoms with Crippen molar-refractivity contribution in [1.82, 2.24) is 4.90 Å². The number of morpholine rings is 1. The largest absolute Gasteiger partial charge is 0.478 e. The molecule has 1 aliphatic carbocycles. The first-order valence-corrected chi connectivity index (χ1v) is 9.48. The van der Waals surface area contributed by atoms with E-state index in [1.165, 1.54) is 0 Å². The number of carboxylic acid groups (broad SMARTS) is 1. The summed E-state index contributed by atoms with van der Waals surface area (Å²) >= 11 is 12.0. The Morgan fingerprint density at radius 2 is 1.88 bits per heavy atom. The van der Waals surface area contributed by atoms with Gasteiger partial charge in [-0.25, -0.2) is 4.79 Å². The fraction of sp³-hybridized carbons (Fsp3) is 0.611. The van der Waals surface area contributed by atoms with Crippen LogP contribution in [0, 0.1) is 5.92 Å². The Hall–Kier alpha value is -0.720. The second-order valence-corrected chi connectivity index (χ2v) is 7.43. The lowest BCUT2D eigenvalue weighted by Gasteiger charge is -2.43. The standard InChI is InChI=1S/C18H23Cl2NO4.ClH/c19-14-6-5-12(11-15(14)20)25-17(18(22)23)13-3-1-2-4-16(13)21-7-9-24-10-8-21;/h5-6,11,13,16-17H,1-4,7-10H2,(H,22,23);1H. The Labute approximate surface area is 170 Å². The zero-order valence-electron chi connectivity index (χ0n) is 14.4. The zero-order chi connectivity index (χ0) is 17.8. The van der Waals surface area contributed by atoms with E-state index in [0.29, 0.717) is 29.0 Å². The summed E-state index contributed by atoms with van der Waals surface area (Å²) in [4.78, 5) is 14.3. The molecule has 1 saturated carbocycles. The predicted molar refractivity (Wildman–Crippen MR) is 104 cm³/mol. The second kappa shape index (κ2) is 10.00. The normalized spacial score (nSPS) is 25.2. The van der Waals surface area contributed by atoms with Gasteiger partial charge in [0.2, 0.25) is 0 Å². The number of rotatable bonds is 5. The van der Waals surface area contributed by atoms with E-state index >= 15 is 0 Å². The van der Waals surface area contributed by atoms with Gasteiger partial charge in [-0.2, -0.15) is 0 Å². The Morgan fingerprint density at radius 1 is 1.19 bits per heavy atom. The molecule has 0 radical (unpaired) electrons. The minimum atomic E-state index is -0.934. The Bertz CT molecular complexity index is 610. The van der Waals surface area contributed by atoms with E-state index in [0.717, 1.165) is 38.8 Å². The van der Waals surface area contributed by atoms with Crippen LogP contribution in [0.3, 0.4) is 0 Å². The van der Waals surface area contributed by atoms with Gasteiger partial charge >= 0.3 is 5.97 Å². The first-order chi connectivity index (χ1) is 12.1. The van der Waals surface area contributed by atoms with E-state index in [2.05, 4.69) is 4.90 Å². The maximum absolute atomic E-state index is 12.0. The van der Waals surface area contributed by atoms with Crippen molar-refractivity contribution >= 4 is 41.6 Å². The molecule has 3 rings (SSSR count). The Kier molecular flexibility index (Phi) is 8.30. The van der Waals surface area contributed by atoms with E-state index in [9.17, 15) is 9.90 Å². The van der Waals surface area contributed by atoms with E-state index < -0.39 is 12.1 Å². The van der Waals surface area contributed by atoms with Gasteiger partial charge in [-0.05, 0) is 25.0 Å². The minimum absolute atomic E-state index is 0. The second-order valence-electron chi connectivity index (χ2n) is 6.62. The SMILES string of the molecule is Cl.O=C(O)C(Oc1ccc(Cl)c(Cl)c1)C1CCCCC1N1CCOCC1. The number of carbonyl (C=O) groups is 1. The quantitative estimate of drug-likeness (QED) is 0.770. The van der Waals surface area contributed by atoms with Gasteiger partial charge in [-0.1, -0.05) is 36.0 Å². The van der Waals surface area contributed by atoms with Gasteiger partial charge in [0.15, 0.2) is 6.10 Å². The van der Waals surface area contributed by atoms with Crippen LogP contribution in [0.1, 0.15) is 25.7 Å². The number of carboxylic acids is 1. The molecule has 146 valence electrons. The van der Waals surface area contributed by atoms with Crippen LogP contribution in [0.25, 0.3) is 0 Å². The summed E-state index contributed by atoms with van der Waals surface area (Å²) in [6.07, 6.45) is 3.10. The lowest BCUT2D eigenvalue weighted by molar-refractivity contribution is -0.150. The van der Waals surface area contributed by atoms with Crippen LogP contribution < -0.4 is 4.74 Å². The van der Waals surface area contributed by atoms with Crippen molar-refractivity contribution in [2.24, 2.45) is 5.92 Å². The molecule has 0 aromatic heterocycles. The molecular formula is C18H24Cl3NO4. The number of ether oxygens (including phenoxy) is 2. The van der Waals surface area contributed by atoms with Gasteiger partial charge in [0.1, 0.15) is 5.75 Å². The van der Waals surface area contributed by atoms with Crippen molar-refractivity contribution < 1.29 is 19.4 Å². The summed E-state index contributed by atoms with van der Waals surface area (Å²) in [5.41, 5.74) is 0. The fourth-order valence-corrected chi connectivity index (χ4v) is 4.16. The highest BCUT2D eigenvalue weighted by Gasteiger charge is 2.40.